The van der Waals surface area contributed by atoms with Crippen LogP contribution < -0.4 is 4.90 Å². The number of likely N-dealkylation sites (N-methyl/N-ethyl adjacent to an activating group) is 1. The average Bonchev–Trinajstić information content (AvgIpc) is 2.51. The second-order valence-corrected chi connectivity index (χ2v) is 4.02. The van der Waals surface area contributed by atoms with Crippen molar-refractivity contribution < 1.29 is 4.74 Å². The molecule has 0 radical (unpaired) electrons. The van der Waals surface area contributed by atoms with Gasteiger partial charge in [-0.15, -0.1) is 11.3 Å². The summed E-state index contributed by atoms with van der Waals surface area (Å²) in [4.78, 5) is 6.54. The molecule has 0 saturated heterocycles. The fraction of sp³-hybridized carbons (Fsp3) is 0.667. The Hall–Kier alpha value is -0.610. The summed E-state index contributed by atoms with van der Waals surface area (Å²) in [6.45, 7) is 4.87. The number of ether oxygens (including phenoxy) is 1. The number of aromatic nitrogens is 1. The first kappa shape index (κ1) is 10.5. The highest BCUT2D eigenvalue weighted by molar-refractivity contribution is 7.13. The molecule has 1 aromatic rings. The highest BCUT2D eigenvalue weighted by atomic mass is 32.1. The van der Waals surface area contributed by atoms with Gasteiger partial charge in [0.05, 0.1) is 18.3 Å². The summed E-state index contributed by atoms with van der Waals surface area (Å²) in [6.07, 6.45) is 0. The third kappa shape index (κ3) is 2.67. The molecule has 3 nitrogen and oxygen atoms in total. The smallest absolute Gasteiger partial charge is 0.185 e. The van der Waals surface area contributed by atoms with Crippen LogP contribution in [-0.2, 0) is 4.74 Å². The van der Waals surface area contributed by atoms with Crippen molar-refractivity contribution >= 4 is 16.5 Å². The number of hydrogen-bond donors (Lipinski definition) is 0. The van der Waals surface area contributed by atoms with Crippen LogP contribution in [0.15, 0.2) is 5.38 Å². The summed E-state index contributed by atoms with van der Waals surface area (Å²) in [5.41, 5.74) is 1.08. The number of nitrogens with zero attached hydrogens (tertiary/aromatic N) is 2. The average molecular weight is 200 g/mol. The van der Waals surface area contributed by atoms with Crippen LogP contribution in [0.3, 0.4) is 0 Å². The number of hydrogen-bond acceptors (Lipinski definition) is 4. The summed E-state index contributed by atoms with van der Waals surface area (Å²) >= 11 is 1.67. The molecular weight excluding hydrogens is 184 g/mol. The lowest BCUT2D eigenvalue weighted by Crippen LogP contribution is -2.32. The van der Waals surface area contributed by atoms with Gasteiger partial charge in [0, 0.05) is 19.5 Å². The molecule has 0 bridgehead atoms. The Morgan fingerprint density at radius 3 is 2.85 bits per heavy atom. The number of anilines is 1. The van der Waals surface area contributed by atoms with Gasteiger partial charge >= 0.3 is 0 Å². The summed E-state index contributed by atoms with van der Waals surface area (Å²) in [5, 5.41) is 3.12. The Morgan fingerprint density at radius 2 is 2.38 bits per heavy atom. The molecule has 0 aliphatic heterocycles. The van der Waals surface area contributed by atoms with Crippen LogP contribution in [-0.4, -0.2) is 31.8 Å². The molecular formula is C9H16N2OS. The third-order valence-electron chi connectivity index (χ3n) is 1.98. The van der Waals surface area contributed by atoms with E-state index >= 15 is 0 Å². The minimum absolute atomic E-state index is 0.371. The normalized spacial score (nSPS) is 12.9. The Labute approximate surface area is 83.4 Å². The summed E-state index contributed by atoms with van der Waals surface area (Å²) in [5.74, 6) is 0. The van der Waals surface area contributed by atoms with Crippen molar-refractivity contribution in [1.29, 1.82) is 0 Å². The molecule has 0 saturated carbocycles. The molecule has 74 valence electrons. The first-order valence-corrected chi connectivity index (χ1v) is 5.17. The van der Waals surface area contributed by atoms with Crippen LogP contribution in [0.4, 0.5) is 5.13 Å². The minimum atomic E-state index is 0.371. The Balaban J connectivity index is 2.61. The molecule has 0 aliphatic rings. The second-order valence-electron chi connectivity index (χ2n) is 3.19. The first-order chi connectivity index (χ1) is 6.15. The van der Waals surface area contributed by atoms with Crippen molar-refractivity contribution in [3.8, 4) is 0 Å². The zero-order valence-corrected chi connectivity index (χ0v) is 9.39. The number of aryl methyl sites for hydroxylation is 1. The predicted molar refractivity (Wildman–Crippen MR) is 56.6 cm³/mol. The molecule has 13 heavy (non-hydrogen) atoms. The molecule has 1 heterocycles. The maximum absolute atomic E-state index is 5.09. The van der Waals surface area contributed by atoms with Crippen molar-refractivity contribution in [3.05, 3.63) is 11.1 Å². The lowest BCUT2D eigenvalue weighted by Gasteiger charge is -2.23. The summed E-state index contributed by atoms with van der Waals surface area (Å²) in [6, 6.07) is 0.371. The van der Waals surface area contributed by atoms with Crippen LogP contribution in [0.2, 0.25) is 0 Å². The van der Waals surface area contributed by atoms with Gasteiger partial charge in [-0.2, -0.15) is 0 Å². The van der Waals surface area contributed by atoms with Gasteiger partial charge < -0.3 is 9.64 Å². The standard InChI is InChI=1S/C9H16N2OS/c1-7-6-13-9(10-7)11(3)8(2)5-12-4/h6,8H,5H2,1-4H3/t8-/m0/s1. The molecule has 0 aromatic carbocycles. The van der Waals surface area contributed by atoms with E-state index in [0.29, 0.717) is 6.04 Å². The van der Waals surface area contributed by atoms with Gasteiger partial charge in [0.15, 0.2) is 5.13 Å². The predicted octanol–water partition coefficient (Wildman–Crippen LogP) is 1.92. The Kier molecular flexibility index (Phi) is 3.69. The van der Waals surface area contributed by atoms with Gasteiger partial charge in [0.2, 0.25) is 0 Å². The van der Waals surface area contributed by atoms with E-state index in [-0.39, 0.29) is 0 Å². The van der Waals surface area contributed by atoms with Gasteiger partial charge in [0.25, 0.3) is 0 Å². The largest absolute Gasteiger partial charge is 0.383 e. The van der Waals surface area contributed by atoms with Crippen LogP contribution >= 0.6 is 11.3 Å². The Bertz CT molecular complexity index is 262. The quantitative estimate of drug-likeness (QED) is 0.742. The lowest BCUT2D eigenvalue weighted by atomic mass is 10.3. The maximum Gasteiger partial charge on any atom is 0.185 e. The topological polar surface area (TPSA) is 25.4 Å². The van der Waals surface area contributed by atoms with E-state index < -0.39 is 0 Å². The van der Waals surface area contributed by atoms with Crippen molar-refractivity contribution in [2.24, 2.45) is 0 Å². The van der Waals surface area contributed by atoms with E-state index in [9.17, 15) is 0 Å². The molecule has 0 unspecified atom stereocenters. The van der Waals surface area contributed by atoms with Gasteiger partial charge in [0.1, 0.15) is 0 Å². The highest BCUT2D eigenvalue weighted by Gasteiger charge is 2.11. The van der Waals surface area contributed by atoms with Crippen LogP contribution in [0, 0.1) is 6.92 Å². The van der Waals surface area contributed by atoms with Crippen LogP contribution in [0.5, 0.6) is 0 Å². The van der Waals surface area contributed by atoms with Gasteiger partial charge in [-0.25, -0.2) is 4.98 Å². The van der Waals surface area contributed by atoms with E-state index in [1.165, 1.54) is 0 Å². The molecule has 0 aliphatic carbocycles. The monoisotopic (exact) mass is 200 g/mol. The minimum Gasteiger partial charge on any atom is -0.383 e. The zero-order chi connectivity index (χ0) is 9.84. The molecule has 4 heteroatoms. The van der Waals surface area contributed by atoms with E-state index in [2.05, 4.69) is 22.2 Å². The van der Waals surface area contributed by atoms with Crippen molar-refractivity contribution in [1.82, 2.24) is 4.98 Å². The fourth-order valence-electron chi connectivity index (χ4n) is 1.05. The van der Waals surface area contributed by atoms with E-state index in [1.807, 2.05) is 14.0 Å². The molecule has 0 fully saturated rings. The maximum atomic E-state index is 5.09. The molecule has 0 amide bonds. The van der Waals surface area contributed by atoms with E-state index in [0.717, 1.165) is 17.4 Å². The molecule has 1 rings (SSSR count). The van der Waals surface area contributed by atoms with Gasteiger partial charge in [-0.3, -0.25) is 0 Å². The van der Waals surface area contributed by atoms with Crippen molar-refractivity contribution in [2.75, 3.05) is 25.7 Å². The lowest BCUT2D eigenvalue weighted by molar-refractivity contribution is 0.183. The SMILES string of the molecule is COC[C@H](C)N(C)c1nc(C)cs1. The highest BCUT2D eigenvalue weighted by Crippen LogP contribution is 2.20. The fourth-order valence-corrected chi connectivity index (χ4v) is 1.92. The van der Waals surface area contributed by atoms with Gasteiger partial charge in [-0.05, 0) is 13.8 Å². The molecule has 0 N–H and O–H groups in total. The van der Waals surface area contributed by atoms with E-state index in [4.69, 9.17) is 4.74 Å². The number of rotatable bonds is 4. The first-order valence-electron chi connectivity index (χ1n) is 4.29. The molecule has 0 spiro atoms. The number of methoxy groups -OCH3 is 1. The zero-order valence-electron chi connectivity index (χ0n) is 8.57. The number of thiazole rings is 1. The van der Waals surface area contributed by atoms with Crippen LogP contribution in [0.25, 0.3) is 0 Å². The third-order valence-corrected chi connectivity index (χ3v) is 3.03. The molecule has 1 aromatic heterocycles. The van der Waals surface area contributed by atoms with Gasteiger partial charge in [-0.1, -0.05) is 0 Å². The van der Waals surface area contributed by atoms with E-state index in [1.54, 1.807) is 18.4 Å². The Morgan fingerprint density at radius 1 is 1.69 bits per heavy atom. The summed E-state index contributed by atoms with van der Waals surface area (Å²) in [7, 11) is 3.76. The second kappa shape index (κ2) is 4.58. The molecule has 1 atom stereocenters. The van der Waals surface area contributed by atoms with Crippen molar-refractivity contribution in [3.63, 3.8) is 0 Å². The van der Waals surface area contributed by atoms with Crippen LogP contribution in [0.1, 0.15) is 12.6 Å². The van der Waals surface area contributed by atoms with Crippen molar-refractivity contribution in [2.45, 2.75) is 19.9 Å². The summed E-state index contributed by atoms with van der Waals surface area (Å²) < 4.78 is 5.09.